The Bertz CT molecular complexity index is 579. The molecule has 0 aliphatic carbocycles. The Morgan fingerprint density at radius 1 is 1.05 bits per heavy atom. The number of hydrogen-bond acceptors (Lipinski definition) is 3. The fourth-order valence-corrected chi connectivity index (χ4v) is 4.04. The van der Waals surface area contributed by atoms with Gasteiger partial charge in [-0.05, 0) is 40.2 Å². The van der Waals surface area contributed by atoms with E-state index in [-0.39, 0.29) is 5.82 Å². The zero-order chi connectivity index (χ0) is 13.9. The van der Waals surface area contributed by atoms with E-state index in [2.05, 4.69) is 37.9 Å². The van der Waals surface area contributed by atoms with Crippen molar-refractivity contribution in [2.45, 2.75) is 6.54 Å². The van der Waals surface area contributed by atoms with Crippen LogP contribution in [0.15, 0.2) is 40.2 Å². The van der Waals surface area contributed by atoms with Gasteiger partial charge in [-0.2, -0.15) is 0 Å². The number of rotatable bonds is 3. The van der Waals surface area contributed by atoms with Crippen LogP contribution in [0.25, 0.3) is 0 Å². The maximum Gasteiger partial charge on any atom is 0.146 e. The van der Waals surface area contributed by atoms with Gasteiger partial charge in [-0.15, -0.1) is 11.3 Å². The fourth-order valence-electron chi connectivity index (χ4n) is 2.51. The molecule has 0 unspecified atom stereocenters. The molecule has 106 valence electrons. The van der Waals surface area contributed by atoms with Crippen LogP contribution in [-0.4, -0.2) is 31.1 Å². The van der Waals surface area contributed by atoms with Crippen LogP contribution >= 0.6 is 27.3 Å². The summed E-state index contributed by atoms with van der Waals surface area (Å²) >= 11 is 5.28. The Hall–Kier alpha value is -0.910. The van der Waals surface area contributed by atoms with Gasteiger partial charge in [0.25, 0.3) is 0 Å². The van der Waals surface area contributed by atoms with Crippen LogP contribution in [0, 0.1) is 5.82 Å². The molecular weight excluding hydrogens is 339 g/mol. The molecule has 1 aliphatic heterocycles. The van der Waals surface area contributed by atoms with E-state index < -0.39 is 0 Å². The molecule has 20 heavy (non-hydrogen) atoms. The number of piperazine rings is 1. The molecule has 1 aromatic heterocycles. The summed E-state index contributed by atoms with van der Waals surface area (Å²) in [6.07, 6.45) is 0. The predicted octanol–water partition coefficient (Wildman–Crippen LogP) is 3.97. The minimum absolute atomic E-state index is 0.122. The maximum absolute atomic E-state index is 13.8. The zero-order valence-corrected chi connectivity index (χ0v) is 13.5. The molecule has 0 bridgehead atoms. The molecule has 2 heterocycles. The number of nitrogens with zero attached hydrogens (tertiary/aromatic N) is 2. The summed E-state index contributed by atoms with van der Waals surface area (Å²) in [5.74, 6) is -0.122. The van der Waals surface area contributed by atoms with Gasteiger partial charge in [0.15, 0.2) is 0 Å². The Kier molecular flexibility index (Phi) is 4.38. The highest BCUT2D eigenvalue weighted by molar-refractivity contribution is 9.11. The average Bonchev–Trinajstić information content (AvgIpc) is 2.86. The van der Waals surface area contributed by atoms with Crippen LogP contribution in [0.2, 0.25) is 0 Å². The van der Waals surface area contributed by atoms with E-state index in [9.17, 15) is 4.39 Å². The molecule has 1 aromatic carbocycles. The van der Waals surface area contributed by atoms with E-state index in [1.54, 1.807) is 17.4 Å². The lowest BCUT2D eigenvalue weighted by atomic mass is 10.2. The van der Waals surface area contributed by atoms with Crippen LogP contribution < -0.4 is 4.90 Å². The van der Waals surface area contributed by atoms with Gasteiger partial charge in [0.1, 0.15) is 5.82 Å². The van der Waals surface area contributed by atoms with Crippen LogP contribution in [0.5, 0.6) is 0 Å². The molecule has 2 nitrogen and oxygen atoms in total. The topological polar surface area (TPSA) is 6.48 Å². The van der Waals surface area contributed by atoms with Crippen molar-refractivity contribution in [3.8, 4) is 0 Å². The molecule has 0 spiro atoms. The molecule has 0 saturated carbocycles. The summed E-state index contributed by atoms with van der Waals surface area (Å²) in [7, 11) is 0. The minimum Gasteiger partial charge on any atom is -0.367 e. The van der Waals surface area contributed by atoms with Gasteiger partial charge in [0.05, 0.1) is 9.47 Å². The lowest BCUT2D eigenvalue weighted by molar-refractivity contribution is 0.251. The zero-order valence-electron chi connectivity index (χ0n) is 11.1. The highest BCUT2D eigenvalue weighted by Gasteiger charge is 2.19. The first-order valence-electron chi connectivity index (χ1n) is 6.68. The summed E-state index contributed by atoms with van der Waals surface area (Å²) < 4.78 is 14.9. The largest absolute Gasteiger partial charge is 0.367 e. The molecule has 1 saturated heterocycles. The van der Waals surface area contributed by atoms with Crippen molar-refractivity contribution in [3.05, 3.63) is 50.9 Å². The predicted molar refractivity (Wildman–Crippen MR) is 85.9 cm³/mol. The second-order valence-corrected chi connectivity index (χ2v) is 7.47. The molecule has 1 fully saturated rings. The standard InChI is InChI=1S/C15H16BrFN2S/c16-15-6-5-12(20-15)11-18-7-9-19(10-8-18)14-4-2-1-3-13(14)17/h1-6H,7-11H2. The summed E-state index contributed by atoms with van der Waals surface area (Å²) in [4.78, 5) is 5.93. The SMILES string of the molecule is Fc1ccccc1N1CCN(Cc2ccc(Br)s2)CC1. The molecule has 0 N–H and O–H groups in total. The summed E-state index contributed by atoms with van der Waals surface area (Å²) in [5, 5.41) is 0. The Balaban J connectivity index is 1.58. The Labute approximate surface area is 131 Å². The number of thiophene rings is 1. The summed E-state index contributed by atoms with van der Waals surface area (Å²) in [5.41, 5.74) is 0.728. The van der Waals surface area contributed by atoms with Crippen molar-refractivity contribution >= 4 is 33.0 Å². The number of anilines is 1. The van der Waals surface area contributed by atoms with Gasteiger partial charge in [-0.1, -0.05) is 12.1 Å². The molecule has 0 amide bonds. The third kappa shape index (κ3) is 3.22. The highest BCUT2D eigenvalue weighted by atomic mass is 79.9. The van der Waals surface area contributed by atoms with Gasteiger partial charge in [0, 0.05) is 37.6 Å². The third-order valence-electron chi connectivity index (χ3n) is 3.57. The maximum atomic E-state index is 13.8. The van der Waals surface area contributed by atoms with Gasteiger partial charge in [-0.3, -0.25) is 4.90 Å². The monoisotopic (exact) mass is 354 g/mol. The molecular formula is C15H16BrFN2S. The second kappa shape index (κ2) is 6.24. The van der Waals surface area contributed by atoms with E-state index >= 15 is 0 Å². The Morgan fingerprint density at radius 3 is 2.45 bits per heavy atom. The van der Waals surface area contributed by atoms with Gasteiger partial charge < -0.3 is 4.90 Å². The molecule has 3 rings (SSSR count). The summed E-state index contributed by atoms with van der Waals surface area (Å²) in [6.45, 7) is 4.70. The van der Waals surface area contributed by atoms with Crippen molar-refractivity contribution in [1.29, 1.82) is 0 Å². The van der Waals surface area contributed by atoms with Crippen molar-refractivity contribution in [2.24, 2.45) is 0 Å². The number of para-hydroxylation sites is 1. The quantitative estimate of drug-likeness (QED) is 0.822. The molecule has 5 heteroatoms. The van der Waals surface area contributed by atoms with Crippen molar-refractivity contribution in [2.75, 3.05) is 31.1 Å². The average molecular weight is 355 g/mol. The second-order valence-electron chi connectivity index (χ2n) is 4.92. The van der Waals surface area contributed by atoms with Gasteiger partial charge in [-0.25, -0.2) is 4.39 Å². The van der Waals surface area contributed by atoms with Crippen LogP contribution in [0.1, 0.15) is 4.88 Å². The normalized spacial score (nSPS) is 16.6. The summed E-state index contributed by atoms with van der Waals surface area (Å²) in [6, 6.07) is 11.3. The molecule has 1 aliphatic rings. The Morgan fingerprint density at radius 2 is 1.80 bits per heavy atom. The lowest BCUT2D eigenvalue weighted by Crippen LogP contribution is -2.46. The minimum atomic E-state index is -0.122. The van der Waals surface area contributed by atoms with Crippen molar-refractivity contribution in [1.82, 2.24) is 4.90 Å². The van der Waals surface area contributed by atoms with Gasteiger partial charge >= 0.3 is 0 Å². The smallest absolute Gasteiger partial charge is 0.146 e. The van der Waals surface area contributed by atoms with E-state index in [0.29, 0.717) is 0 Å². The fraction of sp³-hybridized carbons (Fsp3) is 0.333. The molecule has 0 atom stereocenters. The van der Waals surface area contributed by atoms with Crippen molar-refractivity contribution < 1.29 is 4.39 Å². The molecule has 0 radical (unpaired) electrons. The van der Waals surface area contributed by atoms with E-state index in [1.165, 1.54) is 14.7 Å². The first-order chi connectivity index (χ1) is 9.72. The number of hydrogen-bond donors (Lipinski definition) is 0. The first-order valence-corrected chi connectivity index (χ1v) is 8.29. The van der Waals surface area contributed by atoms with Crippen LogP contribution in [0.3, 0.4) is 0 Å². The van der Waals surface area contributed by atoms with Crippen LogP contribution in [-0.2, 0) is 6.54 Å². The van der Waals surface area contributed by atoms with E-state index in [0.717, 1.165) is 38.4 Å². The highest BCUT2D eigenvalue weighted by Crippen LogP contribution is 2.25. The molecule has 2 aromatic rings. The van der Waals surface area contributed by atoms with Crippen molar-refractivity contribution in [3.63, 3.8) is 0 Å². The number of benzene rings is 1. The van der Waals surface area contributed by atoms with E-state index in [4.69, 9.17) is 0 Å². The van der Waals surface area contributed by atoms with Crippen LogP contribution in [0.4, 0.5) is 10.1 Å². The lowest BCUT2D eigenvalue weighted by Gasteiger charge is -2.36. The van der Waals surface area contributed by atoms with E-state index in [1.807, 2.05) is 12.1 Å². The first kappa shape index (κ1) is 14.0. The van der Waals surface area contributed by atoms with Gasteiger partial charge in [0.2, 0.25) is 0 Å². The third-order valence-corrected chi connectivity index (χ3v) is 5.18. The number of halogens is 2.